The summed E-state index contributed by atoms with van der Waals surface area (Å²) in [5, 5.41) is 13.8. The van der Waals surface area contributed by atoms with Crippen LogP contribution in [0.2, 0.25) is 0 Å². The Labute approximate surface area is 156 Å². The molecule has 0 aliphatic heterocycles. The van der Waals surface area contributed by atoms with Gasteiger partial charge in [0.05, 0.1) is 23.5 Å². The van der Waals surface area contributed by atoms with E-state index >= 15 is 0 Å². The molecule has 0 atom stereocenters. The van der Waals surface area contributed by atoms with Crippen molar-refractivity contribution in [2.45, 2.75) is 13.8 Å². The summed E-state index contributed by atoms with van der Waals surface area (Å²) in [7, 11) is -2.14. The summed E-state index contributed by atoms with van der Waals surface area (Å²) in [6, 6.07) is 8.80. The molecule has 0 unspecified atom stereocenters. The van der Waals surface area contributed by atoms with Crippen LogP contribution in [0.1, 0.15) is 22.8 Å². The minimum absolute atomic E-state index is 0.0743. The fourth-order valence-electron chi connectivity index (χ4n) is 2.38. The Morgan fingerprint density at radius 1 is 1.26 bits per heavy atom. The number of aryl methyl sites for hydroxylation is 1. The Morgan fingerprint density at radius 3 is 2.56 bits per heavy atom. The zero-order valence-electron chi connectivity index (χ0n) is 15.0. The van der Waals surface area contributed by atoms with Crippen LogP contribution in [0.25, 0.3) is 0 Å². The summed E-state index contributed by atoms with van der Waals surface area (Å²) in [5.74, 6) is -0.566. The van der Waals surface area contributed by atoms with Crippen molar-refractivity contribution in [2.24, 2.45) is 0 Å². The molecular formula is C17H19N3O6S. The highest BCUT2D eigenvalue weighted by molar-refractivity contribution is 7.92. The maximum absolute atomic E-state index is 12.5. The highest BCUT2D eigenvalue weighted by Crippen LogP contribution is 2.30. The maximum Gasteiger partial charge on any atom is 0.285 e. The molecule has 144 valence electrons. The van der Waals surface area contributed by atoms with Gasteiger partial charge < -0.3 is 10.1 Å². The quantitative estimate of drug-likeness (QED) is 0.550. The van der Waals surface area contributed by atoms with Crippen molar-refractivity contribution in [1.82, 2.24) is 0 Å². The van der Waals surface area contributed by atoms with Crippen LogP contribution < -0.4 is 14.8 Å². The van der Waals surface area contributed by atoms with Crippen LogP contribution in [0.5, 0.6) is 5.75 Å². The molecule has 0 saturated carbocycles. The minimum atomic E-state index is -3.50. The van der Waals surface area contributed by atoms with Crippen LogP contribution in [-0.2, 0) is 10.0 Å². The zero-order valence-corrected chi connectivity index (χ0v) is 15.8. The molecule has 0 aromatic heterocycles. The molecule has 0 aliphatic carbocycles. The Morgan fingerprint density at radius 2 is 1.96 bits per heavy atom. The molecule has 1 amide bonds. The molecule has 0 spiro atoms. The van der Waals surface area contributed by atoms with E-state index in [2.05, 4.69) is 10.0 Å². The van der Waals surface area contributed by atoms with Gasteiger partial charge in [0, 0.05) is 17.3 Å². The first kappa shape index (κ1) is 20.2. The number of nitrogens with zero attached hydrogens (tertiary/aromatic N) is 1. The predicted molar refractivity (Wildman–Crippen MR) is 102 cm³/mol. The molecule has 2 aromatic carbocycles. The van der Waals surface area contributed by atoms with Crippen molar-refractivity contribution < 1.29 is 22.9 Å². The summed E-state index contributed by atoms with van der Waals surface area (Å²) < 4.78 is 31.0. The van der Waals surface area contributed by atoms with Crippen LogP contribution in [0, 0.1) is 17.0 Å². The topological polar surface area (TPSA) is 128 Å². The maximum atomic E-state index is 12.5. The van der Waals surface area contributed by atoms with Gasteiger partial charge in [0.2, 0.25) is 10.0 Å². The molecule has 9 nitrogen and oxygen atoms in total. The first-order valence-corrected chi connectivity index (χ1v) is 9.57. The summed E-state index contributed by atoms with van der Waals surface area (Å²) in [5.41, 5.74) is 0.546. The lowest BCUT2D eigenvalue weighted by Crippen LogP contribution is -2.16. The summed E-state index contributed by atoms with van der Waals surface area (Å²) in [6.45, 7) is 3.05. The van der Waals surface area contributed by atoms with E-state index in [1.54, 1.807) is 19.1 Å². The highest BCUT2D eigenvalue weighted by Gasteiger charge is 2.22. The monoisotopic (exact) mass is 393 g/mol. The number of rotatable bonds is 7. The average molecular weight is 393 g/mol. The number of amides is 1. The van der Waals surface area contributed by atoms with E-state index in [1.165, 1.54) is 38.3 Å². The Bertz CT molecular complexity index is 988. The number of benzene rings is 2. The SMILES string of the molecule is CCS(=O)(=O)Nc1ccc(NC(=O)c2cccc(C)c2[N+](=O)[O-])cc1OC. The fourth-order valence-corrected chi connectivity index (χ4v) is 3.02. The molecule has 2 N–H and O–H groups in total. The number of hydrogen-bond donors (Lipinski definition) is 2. The van der Waals surface area contributed by atoms with E-state index in [9.17, 15) is 23.3 Å². The number of nitrogens with one attached hydrogen (secondary N) is 2. The number of carbonyl (C=O) groups excluding carboxylic acids is 1. The zero-order chi connectivity index (χ0) is 20.2. The lowest BCUT2D eigenvalue weighted by atomic mass is 10.1. The largest absolute Gasteiger partial charge is 0.494 e. The Balaban J connectivity index is 2.32. The highest BCUT2D eigenvalue weighted by atomic mass is 32.2. The molecule has 0 aliphatic rings. The molecule has 0 bridgehead atoms. The van der Waals surface area contributed by atoms with Gasteiger partial charge in [0.15, 0.2) is 0 Å². The van der Waals surface area contributed by atoms with Crippen molar-refractivity contribution in [1.29, 1.82) is 0 Å². The molecule has 0 fully saturated rings. The standard InChI is InChI=1S/C17H19N3O6S/c1-4-27(24,25)19-14-9-8-12(10-15(14)26-3)18-17(21)13-7-5-6-11(2)16(13)20(22)23/h5-10,19H,4H2,1-3H3,(H,18,21). The van der Waals surface area contributed by atoms with Gasteiger partial charge in [0.1, 0.15) is 11.3 Å². The second-order valence-electron chi connectivity index (χ2n) is 5.60. The first-order valence-electron chi connectivity index (χ1n) is 7.92. The van der Waals surface area contributed by atoms with Crippen molar-refractivity contribution in [3.8, 4) is 5.75 Å². The van der Waals surface area contributed by atoms with Gasteiger partial charge in [0.25, 0.3) is 11.6 Å². The molecule has 0 saturated heterocycles. The lowest BCUT2D eigenvalue weighted by molar-refractivity contribution is -0.385. The van der Waals surface area contributed by atoms with Gasteiger partial charge in [-0.1, -0.05) is 12.1 Å². The normalized spacial score (nSPS) is 10.9. The van der Waals surface area contributed by atoms with Crippen LogP contribution in [0.3, 0.4) is 0 Å². The van der Waals surface area contributed by atoms with Gasteiger partial charge in [-0.05, 0) is 32.0 Å². The van der Waals surface area contributed by atoms with E-state index < -0.39 is 20.9 Å². The van der Waals surface area contributed by atoms with Crippen LogP contribution in [0.4, 0.5) is 17.1 Å². The molecular weight excluding hydrogens is 374 g/mol. The number of para-hydroxylation sites is 1. The first-order chi connectivity index (χ1) is 12.7. The summed E-state index contributed by atoms with van der Waals surface area (Å²) >= 11 is 0. The van der Waals surface area contributed by atoms with Crippen LogP contribution in [-0.4, -0.2) is 32.1 Å². The van der Waals surface area contributed by atoms with Crippen LogP contribution >= 0.6 is 0 Å². The van der Waals surface area contributed by atoms with Crippen molar-refractivity contribution >= 4 is 33.0 Å². The van der Waals surface area contributed by atoms with Crippen molar-refractivity contribution in [3.63, 3.8) is 0 Å². The van der Waals surface area contributed by atoms with E-state index in [0.717, 1.165) is 0 Å². The number of carbonyl (C=O) groups is 1. The summed E-state index contributed by atoms with van der Waals surface area (Å²) in [4.78, 5) is 23.1. The average Bonchev–Trinajstić information content (AvgIpc) is 2.62. The molecule has 0 heterocycles. The van der Waals surface area contributed by atoms with Gasteiger partial charge in [-0.15, -0.1) is 0 Å². The van der Waals surface area contributed by atoms with E-state index in [0.29, 0.717) is 11.3 Å². The smallest absolute Gasteiger partial charge is 0.285 e. The van der Waals surface area contributed by atoms with E-state index in [-0.39, 0.29) is 28.4 Å². The number of ether oxygens (including phenoxy) is 1. The van der Waals surface area contributed by atoms with E-state index in [4.69, 9.17) is 4.74 Å². The molecule has 27 heavy (non-hydrogen) atoms. The molecule has 2 rings (SSSR count). The number of sulfonamides is 1. The van der Waals surface area contributed by atoms with E-state index in [1.807, 2.05) is 0 Å². The number of hydrogen-bond acceptors (Lipinski definition) is 6. The number of nitro groups is 1. The number of methoxy groups -OCH3 is 1. The van der Waals surface area contributed by atoms with Crippen LogP contribution in [0.15, 0.2) is 36.4 Å². The van der Waals surface area contributed by atoms with Crippen molar-refractivity contribution in [2.75, 3.05) is 22.9 Å². The number of nitro benzene ring substituents is 1. The second kappa shape index (κ2) is 8.04. The number of anilines is 2. The predicted octanol–water partition coefficient (Wildman–Crippen LogP) is 2.93. The third kappa shape index (κ3) is 4.73. The molecule has 2 aromatic rings. The molecule has 10 heteroatoms. The lowest BCUT2D eigenvalue weighted by Gasteiger charge is -2.13. The fraction of sp³-hybridized carbons (Fsp3) is 0.235. The second-order valence-corrected chi connectivity index (χ2v) is 7.61. The molecule has 0 radical (unpaired) electrons. The summed E-state index contributed by atoms with van der Waals surface area (Å²) in [6.07, 6.45) is 0. The van der Waals surface area contributed by atoms with Gasteiger partial charge in [-0.25, -0.2) is 8.42 Å². The minimum Gasteiger partial charge on any atom is -0.494 e. The van der Waals surface area contributed by atoms with Crippen molar-refractivity contribution in [3.05, 3.63) is 57.6 Å². The van der Waals surface area contributed by atoms with Gasteiger partial charge in [-0.3, -0.25) is 19.6 Å². The Hall–Kier alpha value is -3.14. The Kier molecular flexibility index (Phi) is 6.01. The van der Waals surface area contributed by atoms with Gasteiger partial charge >= 0.3 is 0 Å². The van der Waals surface area contributed by atoms with Gasteiger partial charge in [-0.2, -0.15) is 0 Å². The third-order valence-corrected chi connectivity index (χ3v) is 5.06. The third-order valence-electron chi connectivity index (χ3n) is 3.77.